The Morgan fingerprint density at radius 2 is 2.08 bits per heavy atom. The first-order valence-electron chi connectivity index (χ1n) is 13.4. The van der Waals surface area contributed by atoms with Crippen LogP contribution in [0.4, 0.5) is 5.82 Å². The van der Waals surface area contributed by atoms with E-state index in [2.05, 4.69) is 42.0 Å². The van der Waals surface area contributed by atoms with E-state index >= 15 is 0 Å². The number of rotatable bonds is 10. The van der Waals surface area contributed by atoms with Crippen LogP contribution >= 0.6 is 0 Å². The van der Waals surface area contributed by atoms with Gasteiger partial charge in [-0.3, -0.25) is 4.99 Å². The van der Waals surface area contributed by atoms with Gasteiger partial charge >= 0.3 is 0 Å². The van der Waals surface area contributed by atoms with Crippen molar-refractivity contribution in [2.24, 2.45) is 10.4 Å². The van der Waals surface area contributed by atoms with Gasteiger partial charge in [-0.05, 0) is 48.3 Å². The molecule has 1 aliphatic heterocycles. The third-order valence-corrected chi connectivity index (χ3v) is 8.68. The fourth-order valence-corrected chi connectivity index (χ4v) is 6.52. The minimum Gasteiger partial charge on any atom is -0.383 e. The number of aliphatic imine (C=N–C) groups is 1. The molecule has 1 aliphatic carbocycles. The number of benzene rings is 1. The van der Waals surface area contributed by atoms with Crippen LogP contribution in [-0.2, 0) is 10.0 Å². The van der Waals surface area contributed by atoms with Crippen LogP contribution in [0.5, 0.6) is 0 Å². The Bertz CT molecular complexity index is 1400. The molecule has 2 heterocycles. The fourth-order valence-electron chi connectivity index (χ4n) is 5.59. The van der Waals surface area contributed by atoms with Crippen LogP contribution in [0, 0.1) is 5.41 Å². The summed E-state index contributed by atoms with van der Waals surface area (Å²) in [7, 11) is 2.59. The number of nitrogens with one attached hydrogen (secondary N) is 1. The van der Waals surface area contributed by atoms with E-state index in [-0.39, 0.29) is 11.5 Å². The standard InChI is InChI=1S/C30H40N6O2S/c1-7-10-25(18-31-3)27-19-32-28(24-12-9-11-23(15-24)22(8-2)20-35(4)5)34-29(27)33-26-16-30(17-26)13-14-36(21-30)39(6,37)38/h8-12,15,18-20,26H,2,7,13-14,16-17,21H2,1,3-6H3,(H,32,33,34)/b22-20+,25-10+,31-18?. The van der Waals surface area contributed by atoms with Crippen molar-refractivity contribution in [3.8, 4) is 11.4 Å². The second kappa shape index (κ2) is 11.8. The number of nitrogens with zero attached hydrogens (tertiary/aromatic N) is 5. The van der Waals surface area contributed by atoms with E-state index in [9.17, 15) is 8.42 Å². The smallest absolute Gasteiger partial charge is 0.211 e. The lowest BCUT2D eigenvalue weighted by molar-refractivity contribution is 0.133. The highest BCUT2D eigenvalue weighted by atomic mass is 32.2. The molecule has 2 aliphatic rings. The van der Waals surface area contributed by atoms with Crippen molar-refractivity contribution in [2.75, 3.05) is 45.8 Å². The van der Waals surface area contributed by atoms with Crippen molar-refractivity contribution in [1.29, 1.82) is 0 Å². The van der Waals surface area contributed by atoms with Crippen LogP contribution in [0.25, 0.3) is 22.5 Å². The van der Waals surface area contributed by atoms with Gasteiger partial charge in [0.1, 0.15) is 5.82 Å². The molecule has 1 saturated heterocycles. The maximum atomic E-state index is 12.0. The molecule has 39 heavy (non-hydrogen) atoms. The lowest BCUT2D eigenvalue weighted by atomic mass is 9.65. The van der Waals surface area contributed by atoms with Crippen molar-refractivity contribution < 1.29 is 8.42 Å². The summed E-state index contributed by atoms with van der Waals surface area (Å²) in [6, 6.07) is 8.39. The molecular weight excluding hydrogens is 508 g/mol. The number of hydrogen-bond donors (Lipinski definition) is 1. The second-order valence-corrected chi connectivity index (χ2v) is 12.8. The Morgan fingerprint density at radius 3 is 2.69 bits per heavy atom. The van der Waals surface area contributed by atoms with Gasteiger partial charge in [0.15, 0.2) is 5.82 Å². The molecule has 208 valence electrons. The van der Waals surface area contributed by atoms with Crippen LogP contribution in [0.15, 0.2) is 60.4 Å². The molecule has 0 amide bonds. The number of sulfonamides is 1. The van der Waals surface area contributed by atoms with Gasteiger partial charge in [-0.15, -0.1) is 0 Å². The summed E-state index contributed by atoms with van der Waals surface area (Å²) in [5, 5.41) is 3.68. The summed E-state index contributed by atoms with van der Waals surface area (Å²) in [4.78, 5) is 16.0. The molecule has 1 N–H and O–H groups in total. The van der Waals surface area contributed by atoms with E-state index in [1.807, 2.05) is 55.8 Å². The molecule has 1 spiro atoms. The van der Waals surface area contributed by atoms with Gasteiger partial charge in [0, 0.05) is 75.6 Å². The summed E-state index contributed by atoms with van der Waals surface area (Å²) >= 11 is 0. The van der Waals surface area contributed by atoms with E-state index in [4.69, 9.17) is 9.97 Å². The highest BCUT2D eigenvalue weighted by Crippen LogP contribution is 2.49. The van der Waals surface area contributed by atoms with Crippen molar-refractivity contribution in [3.05, 3.63) is 66.5 Å². The highest BCUT2D eigenvalue weighted by Gasteiger charge is 2.50. The molecule has 4 rings (SSSR count). The first kappa shape index (κ1) is 28.7. The first-order chi connectivity index (χ1) is 18.6. The minimum atomic E-state index is -3.15. The highest BCUT2D eigenvalue weighted by molar-refractivity contribution is 7.88. The van der Waals surface area contributed by atoms with Gasteiger partial charge in [-0.2, -0.15) is 0 Å². The Balaban J connectivity index is 1.65. The van der Waals surface area contributed by atoms with Crippen LogP contribution in [0.1, 0.15) is 43.7 Å². The van der Waals surface area contributed by atoms with Gasteiger partial charge in [0.05, 0.1) is 6.26 Å². The predicted molar refractivity (Wildman–Crippen MR) is 162 cm³/mol. The molecule has 0 unspecified atom stereocenters. The molecule has 1 aromatic carbocycles. The molecule has 2 fully saturated rings. The molecule has 9 heteroatoms. The third-order valence-electron chi connectivity index (χ3n) is 7.44. The average Bonchev–Trinajstić information content (AvgIpc) is 3.33. The lowest BCUT2D eigenvalue weighted by Crippen LogP contribution is -2.47. The van der Waals surface area contributed by atoms with Crippen LogP contribution < -0.4 is 5.32 Å². The van der Waals surface area contributed by atoms with Gasteiger partial charge in [-0.1, -0.05) is 43.9 Å². The fraction of sp³-hybridized carbons (Fsp3) is 0.433. The van der Waals surface area contributed by atoms with Crippen LogP contribution in [0.3, 0.4) is 0 Å². The number of allylic oxidation sites excluding steroid dienone is 4. The third kappa shape index (κ3) is 6.65. The zero-order valence-electron chi connectivity index (χ0n) is 23.7. The molecule has 1 aromatic heterocycles. The van der Waals surface area contributed by atoms with Crippen molar-refractivity contribution in [2.45, 2.75) is 38.6 Å². The van der Waals surface area contributed by atoms with Gasteiger partial charge in [0.2, 0.25) is 10.0 Å². The Hall–Kier alpha value is -3.30. The quantitative estimate of drug-likeness (QED) is 0.334. The van der Waals surface area contributed by atoms with Gasteiger partial charge in [0.25, 0.3) is 0 Å². The molecule has 8 nitrogen and oxygen atoms in total. The summed E-state index contributed by atoms with van der Waals surface area (Å²) in [6.07, 6.45) is 14.6. The topological polar surface area (TPSA) is 90.8 Å². The van der Waals surface area contributed by atoms with Crippen LogP contribution in [-0.4, -0.2) is 80.3 Å². The van der Waals surface area contributed by atoms with E-state index in [0.29, 0.717) is 18.9 Å². The van der Waals surface area contributed by atoms with Gasteiger partial charge in [-0.25, -0.2) is 22.7 Å². The SMILES string of the molecule is C=C/C(=C\N(C)C)c1cccc(-c2ncc(/C(C=NC)=C/CC)c(NC3CC4(CCN(S(C)(=O)=O)C4)C3)n2)c1. The maximum Gasteiger partial charge on any atom is 0.211 e. The maximum absolute atomic E-state index is 12.0. The lowest BCUT2D eigenvalue weighted by Gasteiger charge is -2.45. The number of aromatic nitrogens is 2. The molecular formula is C30H40N6O2S. The number of hydrogen-bond acceptors (Lipinski definition) is 7. The van der Waals surface area contributed by atoms with E-state index in [0.717, 1.165) is 59.3 Å². The Kier molecular flexibility index (Phi) is 8.71. The summed E-state index contributed by atoms with van der Waals surface area (Å²) < 4.78 is 25.7. The molecule has 1 saturated carbocycles. The molecule has 0 atom stereocenters. The largest absolute Gasteiger partial charge is 0.383 e. The summed E-state index contributed by atoms with van der Waals surface area (Å²) in [6.45, 7) is 7.29. The second-order valence-electron chi connectivity index (χ2n) is 10.8. The molecule has 2 aromatic rings. The summed E-state index contributed by atoms with van der Waals surface area (Å²) in [5.74, 6) is 1.41. The van der Waals surface area contributed by atoms with E-state index < -0.39 is 10.0 Å². The first-order valence-corrected chi connectivity index (χ1v) is 15.2. The van der Waals surface area contributed by atoms with Crippen LogP contribution in [0.2, 0.25) is 0 Å². The van der Waals surface area contributed by atoms with E-state index in [1.54, 1.807) is 11.4 Å². The Morgan fingerprint density at radius 1 is 1.31 bits per heavy atom. The molecule has 0 radical (unpaired) electrons. The minimum absolute atomic E-state index is 0.0535. The average molecular weight is 549 g/mol. The predicted octanol–water partition coefficient (Wildman–Crippen LogP) is 4.95. The normalized spacial score (nSPS) is 22.3. The number of anilines is 1. The van der Waals surface area contributed by atoms with Crippen molar-refractivity contribution in [1.82, 2.24) is 19.2 Å². The van der Waals surface area contributed by atoms with E-state index in [1.165, 1.54) is 6.26 Å². The van der Waals surface area contributed by atoms with Crippen molar-refractivity contribution in [3.63, 3.8) is 0 Å². The zero-order valence-corrected chi connectivity index (χ0v) is 24.5. The summed E-state index contributed by atoms with van der Waals surface area (Å²) in [5.41, 5.74) is 4.92. The monoisotopic (exact) mass is 548 g/mol. The van der Waals surface area contributed by atoms with Gasteiger partial charge < -0.3 is 10.2 Å². The zero-order chi connectivity index (χ0) is 28.2. The van der Waals surface area contributed by atoms with Crippen molar-refractivity contribution >= 4 is 33.2 Å². The Labute approximate surface area is 233 Å². The molecule has 0 bridgehead atoms.